The molecule has 4 rings (SSSR count). The number of benzene rings is 2. The highest BCUT2D eigenvalue weighted by atomic mass is 35.5. The van der Waals surface area contributed by atoms with Gasteiger partial charge in [0.25, 0.3) is 0 Å². The number of ether oxygens (including phenoxy) is 1. The van der Waals surface area contributed by atoms with Crippen LogP contribution in [0.2, 0.25) is 0 Å². The SMILES string of the molecule is Cl.O=C(C1Cc2ccccc2CN1)N1CCOC(c2ccccc2)C1. The van der Waals surface area contributed by atoms with Crippen molar-refractivity contribution in [2.75, 3.05) is 19.7 Å². The Morgan fingerprint density at radius 2 is 1.76 bits per heavy atom. The predicted molar refractivity (Wildman–Crippen MR) is 99.7 cm³/mol. The minimum atomic E-state index is -0.130. The van der Waals surface area contributed by atoms with E-state index in [1.54, 1.807) is 0 Å². The molecule has 0 aliphatic carbocycles. The third-order valence-corrected chi connectivity index (χ3v) is 4.93. The lowest BCUT2D eigenvalue weighted by atomic mass is 9.95. The van der Waals surface area contributed by atoms with Crippen LogP contribution in [0.3, 0.4) is 0 Å². The van der Waals surface area contributed by atoms with Crippen LogP contribution < -0.4 is 5.32 Å². The number of nitrogens with one attached hydrogen (secondary N) is 1. The fraction of sp³-hybridized carbons (Fsp3) is 0.350. The van der Waals surface area contributed by atoms with Gasteiger partial charge in [-0.3, -0.25) is 4.79 Å². The summed E-state index contributed by atoms with van der Waals surface area (Å²) in [6.07, 6.45) is 0.738. The number of hydrogen-bond donors (Lipinski definition) is 1. The molecule has 2 atom stereocenters. The number of amides is 1. The molecule has 132 valence electrons. The molecule has 4 nitrogen and oxygen atoms in total. The molecule has 2 aliphatic heterocycles. The molecular weight excluding hydrogens is 336 g/mol. The normalized spacial score (nSPS) is 22.6. The summed E-state index contributed by atoms with van der Waals surface area (Å²) in [7, 11) is 0. The van der Waals surface area contributed by atoms with Gasteiger partial charge in [0, 0.05) is 13.1 Å². The first-order valence-electron chi connectivity index (χ1n) is 8.57. The highest BCUT2D eigenvalue weighted by molar-refractivity contribution is 5.85. The molecule has 1 amide bonds. The monoisotopic (exact) mass is 358 g/mol. The van der Waals surface area contributed by atoms with Gasteiger partial charge in [0.15, 0.2) is 0 Å². The molecule has 2 unspecified atom stereocenters. The predicted octanol–water partition coefficient (Wildman–Crippen LogP) is 2.72. The summed E-state index contributed by atoms with van der Waals surface area (Å²) in [5, 5.41) is 3.39. The number of carbonyl (C=O) groups excluding carboxylic acids is 1. The van der Waals surface area contributed by atoms with E-state index in [0.717, 1.165) is 18.5 Å². The van der Waals surface area contributed by atoms with Crippen LogP contribution in [0.15, 0.2) is 54.6 Å². The molecule has 1 N–H and O–H groups in total. The number of fused-ring (bicyclic) bond motifs is 1. The zero-order valence-corrected chi connectivity index (χ0v) is 14.9. The average Bonchev–Trinajstić information content (AvgIpc) is 2.68. The summed E-state index contributed by atoms with van der Waals surface area (Å²) in [6.45, 7) is 2.65. The van der Waals surface area contributed by atoms with Gasteiger partial charge < -0.3 is 15.0 Å². The summed E-state index contributed by atoms with van der Waals surface area (Å²) in [4.78, 5) is 14.9. The number of nitrogens with zero attached hydrogens (tertiary/aromatic N) is 1. The highest BCUT2D eigenvalue weighted by Crippen LogP contribution is 2.24. The third kappa shape index (κ3) is 3.87. The van der Waals surface area contributed by atoms with Crippen LogP contribution in [0.5, 0.6) is 0 Å². The Balaban J connectivity index is 0.00000182. The lowest BCUT2D eigenvalue weighted by Crippen LogP contribution is -2.52. The van der Waals surface area contributed by atoms with Crippen LogP contribution in [0.1, 0.15) is 22.8 Å². The first kappa shape index (κ1) is 17.9. The highest BCUT2D eigenvalue weighted by Gasteiger charge is 2.31. The number of morpholine rings is 1. The van der Waals surface area contributed by atoms with Gasteiger partial charge in [0.2, 0.25) is 5.91 Å². The van der Waals surface area contributed by atoms with Crippen molar-refractivity contribution in [3.8, 4) is 0 Å². The van der Waals surface area contributed by atoms with Crippen LogP contribution in [-0.4, -0.2) is 36.5 Å². The maximum absolute atomic E-state index is 12.9. The van der Waals surface area contributed by atoms with Gasteiger partial charge in [-0.2, -0.15) is 0 Å². The van der Waals surface area contributed by atoms with E-state index >= 15 is 0 Å². The first-order valence-corrected chi connectivity index (χ1v) is 8.57. The van der Waals surface area contributed by atoms with Crippen LogP contribution >= 0.6 is 12.4 Å². The average molecular weight is 359 g/mol. The quantitative estimate of drug-likeness (QED) is 0.897. The van der Waals surface area contributed by atoms with E-state index in [0.29, 0.717) is 19.7 Å². The molecule has 0 spiro atoms. The molecule has 2 aliphatic rings. The number of hydrogen-bond acceptors (Lipinski definition) is 3. The van der Waals surface area contributed by atoms with Gasteiger partial charge >= 0.3 is 0 Å². The Bertz CT molecular complexity index is 723. The van der Waals surface area contributed by atoms with E-state index in [-0.39, 0.29) is 30.5 Å². The molecule has 5 heteroatoms. The van der Waals surface area contributed by atoms with Crippen LogP contribution in [-0.2, 0) is 22.5 Å². The Labute approximate surface area is 154 Å². The van der Waals surface area contributed by atoms with Gasteiger partial charge in [-0.1, -0.05) is 54.6 Å². The van der Waals surface area contributed by atoms with Crippen molar-refractivity contribution in [2.45, 2.75) is 25.1 Å². The summed E-state index contributed by atoms with van der Waals surface area (Å²) in [5.41, 5.74) is 3.71. The molecule has 0 radical (unpaired) electrons. The minimum absolute atomic E-state index is 0. The lowest BCUT2D eigenvalue weighted by molar-refractivity contribution is -0.141. The summed E-state index contributed by atoms with van der Waals surface area (Å²) in [5.74, 6) is 0.189. The van der Waals surface area contributed by atoms with Crippen molar-refractivity contribution < 1.29 is 9.53 Å². The maximum Gasteiger partial charge on any atom is 0.240 e. The van der Waals surface area contributed by atoms with Crippen molar-refractivity contribution in [2.24, 2.45) is 0 Å². The van der Waals surface area contributed by atoms with Gasteiger partial charge in [-0.25, -0.2) is 0 Å². The van der Waals surface area contributed by atoms with Crippen molar-refractivity contribution in [3.63, 3.8) is 0 Å². The van der Waals surface area contributed by atoms with Crippen LogP contribution in [0.4, 0.5) is 0 Å². The topological polar surface area (TPSA) is 41.6 Å². The van der Waals surface area contributed by atoms with E-state index in [9.17, 15) is 4.79 Å². The van der Waals surface area contributed by atoms with Crippen LogP contribution in [0, 0.1) is 0 Å². The molecule has 2 aromatic rings. The largest absolute Gasteiger partial charge is 0.370 e. The Kier molecular flexibility index (Phi) is 5.74. The van der Waals surface area contributed by atoms with Crippen molar-refractivity contribution in [3.05, 3.63) is 71.3 Å². The van der Waals surface area contributed by atoms with E-state index in [4.69, 9.17) is 4.74 Å². The lowest BCUT2D eigenvalue weighted by Gasteiger charge is -2.36. The molecule has 0 bridgehead atoms. The van der Waals surface area contributed by atoms with Crippen molar-refractivity contribution in [1.29, 1.82) is 0 Å². The Morgan fingerprint density at radius 3 is 2.56 bits per heavy atom. The molecule has 0 saturated carbocycles. The number of halogens is 1. The summed E-state index contributed by atoms with van der Waals surface area (Å²) < 4.78 is 5.87. The van der Waals surface area contributed by atoms with E-state index in [1.807, 2.05) is 29.2 Å². The zero-order valence-electron chi connectivity index (χ0n) is 14.1. The second kappa shape index (κ2) is 8.00. The first-order chi connectivity index (χ1) is 11.8. The molecular formula is C20H23ClN2O2. The molecule has 1 saturated heterocycles. The molecule has 0 aromatic heterocycles. The smallest absolute Gasteiger partial charge is 0.240 e. The Hall–Kier alpha value is -1.88. The third-order valence-electron chi connectivity index (χ3n) is 4.93. The van der Waals surface area contributed by atoms with E-state index in [2.05, 4.69) is 35.6 Å². The van der Waals surface area contributed by atoms with Gasteiger partial charge in [-0.05, 0) is 23.1 Å². The van der Waals surface area contributed by atoms with Crippen molar-refractivity contribution >= 4 is 18.3 Å². The number of carbonyl (C=O) groups is 1. The second-order valence-corrected chi connectivity index (χ2v) is 6.46. The van der Waals surface area contributed by atoms with Gasteiger partial charge in [0.05, 0.1) is 19.2 Å². The summed E-state index contributed by atoms with van der Waals surface area (Å²) in [6, 6.07) is 18.4. The number of rotatable bonds is 2. The molecule has 25 heavy (non-hydrogen) atoms. The standard InChI is InChI=1S/C20H22N2O2.ClH/c23-20(18-12-16-8-4-5-9-17(16)13-21-18)22-10-11-24-19(14-22)15-6-2-1-3-7-15;/h1-9,18-19,21H,10-14H2;1H. The molecule has 1 fully saturated rings. The second-order valence-electron chi connectivity index (χ2n) is 6.46. The van der Waals surface area contributed by atoms with Crippen molar-refractivity contribution in [1.82, 2.24) is 10.2 Å². The fourth-order valence-corrected chi connectivity index (χ4v) is 3.57. The summed E-state index contributed by atoms with van der Waals surface area (Å²) >= 11 is 0. The molecule has 2 heterocycles. The molecule has 2 aromatic carbocycles. The fourth-order valence-electron chi connectivity index (χ4n) is 3.57. The minimum Gasteiger partial charge on any atom is -0.370 e. The zero-order chi connectivity index (χ0) is 16.4. The van der Waals surface area contributed by atoms with E-state index in [1.165, 1.54) is 11.1 Å². The van der Waals surface area contributed by atoms with Gasteiger partial charge in [0.1, 0.15) is 6.10 Å². The van der Waals surface area contributed by atoms with Crippen LogP contribution in [0.25, 0.3) is 0 Å². The maximum atomic E-state index is 12.9. The Morgan fingerprint density at radius 1 is 1.04 bits per heavy atom. The van der Waals surface area contributed by atoms with E-state index < -0.39 is 0 Å². The van der Waals surface area contributed by atoms with Gasteiger partial charge in [-0.15, -0.1) is 12.4 Å².